The van der Waals surface area contributed by atoms with Gasteiger partial charge in [-0.15, -0.1) is 4.40 Å². The van der Waals surface area contributed by atoms with Gasteiger partial charge in [-0.1, -0.05) is 12.1 Å². The fourth-order valence-corrected chi connectivity index (χ4v) is 4.63. The molecule has 10 heteroatoms. The van der Waals surface area contributed by atoms with Gasteiger partial charge in [-0.2, -0.15) is 12.7 Å². The molecule has 0 radical (unpaired) electrons. The fraction of sp³-hybridized carbons (Fsp3) is 0.462. The summed E-state index contributed by atoms with van der Waals surface area (Å²) in [6.45, 7) is 2.21. The predicted octanol–water partition coefficient (Wildman–Crippen LogP) is -0.223. The number of hydrogen-bond donors (Lipinski definition) is 1. The van der Waals surface area contributed by atoms with Crippen LogP contribution in [0.3, 0.4) is 0 Å². The molecule has 0 atom stereocenters. The zero-order valence-electron chi connectivity index (χ0n) is 12.6. The smallest absolute Gasteiger partial charge is 0.286 e. The van der Waals surface area contributed by atoms with Gasteiger partial charge in [0.1, 0.15) is 10.7 Å². The first kappa shape index (κ1) is 16.4. The Balaban J connectivity index is 1.70. The van der Waals surface area contributed by atoms with Crippen molar-refractivity contribution in [1.29, 1.82) is 0 Å². The summed E-state index contributed by atoms with van der Waals surface area (Å²) in [6.07, 6.45) is 1.19. The molecule has 3 rings (SSSR count). The Labute approximate surface area is 135 Å². The second-order valence-electron chi connectivity index (χ2n) is 5.57. The number of amidine groups is 1. The van der Waals surface area contributed by atoms with Gasteiger partial charge in [-0.05, 0) is 12.1 Å². The third-order valence-electron chi connectivity index (χ3n) is 3.85. The van der Waals surface area contributed by atoms with Crippen molar-refractivity contribution in [2.75, 3.05) is 44.3 Å². The molecule has 0 unspecified atom stereocenters. The van der Waals surface area contributed by atoms with E-state index >= 15 is 0 Å². The number of anilines is 1. The van der Waals surface area contributed by atoms with E-state index in [1.54, 1.807) is 18.2 Å². The van der Waals surface area contributed by atoms with E-state index in [-0.39, 0.29) is 4.90 Å². The van der Waals surface area contributed by atoms with E-state index in [9.17, 15) is 16.8 Å². The minimum Gasteiger partial charge on any atom is -0.341 e. The number of benzene rings is 1. The molecular formula is C13H18N4O4S2. The maximum atomic E-state index is 12.2. The van der Waals surface area contributed by atoms with Crippen molar-refractivity contribution in [3.8, 4) is 0 Å². The maximum Gasteiger partial charge on any atom is 0.286 e. The summed E-state index contributed by atoms with van der Waals surface area (Å²) in [5.74, 6) is 0.358. The van der Waals surface area contributed by atoms with Crippen molar-refractivity contribution in [2.24, 2.45) is 4.40 Å². The highest BCUT2D eigenvalue weighted by Gasteiger charge is 2.28. The summed E-state index contributed by atoms with van der Waals surface area (Å²) in [5.41, 5.74) is 0.521. The van der Waals surface area contributed by atoms with Crippen LogP contribution in [-0.4, -0.2) is 70.9 Å². The number of nitrogens with zero attached hydrogens (tertiary/aromatic N) is 3. The maximum absolute atomic E-state index is 12.2. The van der Waals surface area contributed by atoms with Crippen molar-refractivity contribution in [1.82, 2.24) is 9.21 Å². The van der Waals surface area contributed by atoms with Crippen LogP contribution in [-0.2, 0) is 20.0 Å². The molecule has 2 heterocycles. The van der Waals surface area contributed by atoms with Crippen molar-refractivity contribution in [3.63, 3.8) is 0 Å². The Bertz CT molecular complexity index is 840. The van der Waals surface area contributed by atoms with Gasteiger partial charge in [-0.25, -0.2) is 8.42 Å². The standard InChI is InChI=1S/C13H18N4O4S2/c1-22(18,19)17-8-6-16(7-9-17)10-13-14-11-4-2-3-5-12(11)23(20,21)15-13/h2-5H,6-10H2,1H3,(H,14,15). The van der Waals surface area contributed by atoms with E-state index in [0.29, 0.717) is 44.2 Å². The minimum atomic E-state index is -3.68. The minimum absolute atomic E-state index is 0.172. The van der Waals surface area contributed by atoms with Crippen LogP contribution in [0, 0.1) is 0 Å². The molecule has 0 spiro atoms. The van der Waals surface area contributed by atoms with E-state index in [4.69, 9.17) is 0 Å². The molecule has 1 aromatic carbocycles. The van der Waals surface area contributed by atoms with E-state index < -0.39 is 20.0 Å². The van der Waals surface area contributed by atoms with Gasteiger partial charge in [0.25, 0.3) is 10.0 Å². The lowest BCUT2D eigenvalue weighted by Crippen LogP contribution is -2.50. The molecule has 126 valence electrons. The monoisotopic (exact) mass is 358 g/mol. The summed E-state index contributed by atoms with van der Waals surface area (Å²) in [6, 6.07) is 6.63. The van der Waals surface area contributed by atoms with E-state index in [2.05, 4.69) is 9.71 Å². The molecule has 0 bridgehead atoms. The summed E-state index contributed by atoms with van der Waals surface area (Å²) >= 11 is 0. The molecule has 0 amide bonds. The van der Waals surface area contributed by atoms with Crippen LogP contribution in [0.5, 0.6) is 0 Å². The van der Waals surface area contributed by atoms with E-state index in [1.165, 1.54) is 16.6 Å². The van der Waals surface area contributed by atoms with Crippen LogP contribution in [0.2, 0.25) is 0 Å². The van der Waals surface area contributed by atoms with Crippen molar-refractivity contribution < 1.29 is 16.8 Å². The van der Waals surface area contributed by atoms with Gasteiger partial charge >= 0.3 is 0 Å². The molecule has 0 aromatic heterocycles. The quantitative estimate of drug-likeness (QED) is 0.802. The molecule has 1 fully saturated rings. The summed E-state index contributed by atoms with van der Waals surface area (Å²) in [5, 5.41) is 3.04. The van der Waals surface area contributed by atoms with Crippen molar-refractivity contribution in [2.45, 2.75) is 4.90 Å². The molecule has 0 aliphatic carbocycles. The van der Waals surface area contributed by atoms with Gasteiger partial charge in [0.05, 0.1) is 18.5 Å². The lowest BCUT2D eigenvalue weighted by Gasteiger charge is -2.33. The number of nitrogens with one attached hydrogen (secondary N) is 1. The van der Waals surface area contributed by atoms with E-state index in [1.807, 2.05) is 4.90 Å². The summed E-state index contributed by atoms with van der Waals surface area (Å²) in [7, 11) is -6.86. The Kier molecular flexibility index (Phi) is 4.17. The normalized spacial score (nSPS) is 22.0. The van der Waals surface area contributed by atoms with Gasteiger partial charge in [0.15, 0.2) is 0 Å². The molecule has 1 N–H and O–H groups in total. The molecule has 8 nitrogen and oxygen atoms in total. The highest BCUT2D eigenvalue weighted by molar-refractivity contribution is 7.90. The van der Waals surface area contributed by atoms with Crippen molar-refractivity contribution in [3.05, 3.63) is 24.3 Å². The average molecular weight is 358 g/mol. The average Bonchev–Trinajstić information content (AvgIpc) is 2.46. The number of sulfonamides is 2. The topological polar surface area (TPSA) is 99.2 Å². The lowest BCUT2D eigenvalue weighted by molar-refractivity contribution is 0.210. The van der Waals surface area contributed by atoms with Crippen LogP contribution in [0.25, 0.3) is 0 Å². The van der Waals surface area contributed by atoms with Crippen LogP contribution < -0.4 is 5.32 Å². The highest BCUT2D eigenvalue weighted by atomic mass is 32.2. The third kappa shape index (κ3) is 3.55. The second-order valence-corrected chi connectivity index (χ2v) is 9.13. The van der Waals surface area contributed by atoms with Gasteiger partial charge < -0.3 is 5.32 Å². The molecule has 2 aliphatic heterocycles. The lowest BCUT2D eigenvalue weighted by atomic mass is 10.3. The molecule has 2 aliphatic rings. The van der Waals surface area contributed by atoms with Crippen LogP contribution in [0.15, 0.2) is 33.6 Å². The summed E-state index contributed by atoms with van der Waals surface area (Å²) in [4.78, 5) is 2.15. The highest BCUT2D eigenvalue weighted by Crippen LogP contribution is 2.26. The molecule has 23 heavy (non-hydrogen) atoms. The number of rotatable bonds is 3. The number of para-hydroxylation sites is 1. The zero-order valence-corrected chi connectivity index (χ0v) is 14.3. The van der Waals surface area contributed by atoms with Gasteiger partial charge in [0, 0.05) is 26.2 Å². The molecule has 1 saturated heterocycles. The first-order valence-electron chi connectivity index (χ1n) is 7.13. The number of hydrogen-bond acceptors (Lipinski definition) is 6. The van der Waals surface area contributed by atoms with Gasteiger partial charge in [0.2, 0.25) is 10.0 Å². The molecule has 0 saturated carbocycles. The van der Waals surface area contributed by atoms with Crippen molar-refractivity contribution >= 4 is 31.6 Å². The molecule has 1 aromatic rings. The predicted molar refractivity (Wildman–Crippen MR) is 87.5 cm³/mol. The first-order chi connectivity index (χ1) is 10.8. The van der Waals surface area contributed by atoms with Crippen LogP contribution >= 0.6 is 0 Å². The fourth-order valence-electron chi connectivity index (χ4n) is 2.67. The zero-order chi connectivity index (χ0) is 16.7. The first-order valence-corrected chi connectivity index (χ1v) is 10.4. The van der Waals surface area contributed by atoms with Gasteiger partial charge in [-0.3, -0.25) is 4.90 Å². The molecular weight excluding hydrogens is 340 g/mol. The van der Waals surface area contributed by atoms with E-state index in [0.717, 1.165) is 0 Å². The third-order valence-corrected chi connectivity index (χ3v) is 6.52. The Morgan fingerprint density at radius 1 is 1.17 bits per heavy atom. The SMILES string of the molecule is CS(=O)(=O)N1CCN(CC2=NS(=O)(=O)c3ccccc3N2)CC1. The Hall–Kier alpha value is -1.49. The number of fused-ring (bicyclic) bond motifs is 1. The summed E-state index contributed by atoms with van der Waals surface area (Å²) < 4.78 is 52.6. The largest absolute Gasteiger partial charge is 0.341 e. The Morgan fingerprint density at radius 3 is 2.48 bits per heavy atom. The number of piperazine rings is 1. The van der Waals surface area contributed by atoms with Crippen LogP contribution in [0.1, 0.15) is 0 Å². The van der Waals surface area contributed by atoms with Crippen LogP contribution in [0.4, 0.5) is 5.69 Å². The Morgan fingerprint density at radius 2 is 1.83 bits per heavy atom. The second kappa shape index (κ2) is 5.86.